The van der Waals surface area contributed by atoms with E-state index in [4.69, 9.17) is 14.3 Å². The quantitative estimate of drug-likeness (QED) is 0.195. The molecule has 184 valence electrons. The molecule has 0 aliphatic heterocycles. The SMILES string of the molecule is O=C(CCC(NCCNOCc1ccccc1)C(=O)OCc1ccccc1)OCc1ccccc1. The fraction of sp³-hybridized carbons (Fsp3) is 0.286. The normalized spacial score (nSPS) is 11.5. The van der Waals surface area contributed by atoms with Crippen LogP contribution in [0.4, 0.5) is 0 Å². The van der Waals surface area contributed by atoms with Crippen LogP contribution in [0.3, 0.4) is 0 Å². The highest BCUT2D eigenvalue weighted by molar-refractivity contribution is 5.77. The van der Waals surface area contributed by atoms with Gasteiger partial charge in [-0.15, -0.1) is 0 Å². The van der Waals surface area contributed by atoms with Gasteiger partial charge < -0.3 is 14.8 Å². The second kappa shape index (κ2) is 15.4. The molecule has 0 heterocycles. The molecule has 7 heteroatoms. The molecular weight excluding hydrogens is 444 g/mol. The molecule has 35 heavy (non-hydrogen) atoms. The Morgan fingerprint density at radius 2 is 1.17 bits per heavy atom. The molecule has 3 rings (SSSR count). The lowest BCUT2D eigenvalue weighted by Gasteiger charge is -2.18. The maximum Gasteiger partial charge on any atom is 0.323 e. The molecule has 0 aliphatic rings. The van der Waals surface area contributed by atoms with Crippen molar-refractivity contribution in [2.24, 2.45) is 0 Å². The number of benzene rings is 3. The Balaban J connectivity index is 1.42. The predicted octanol–water partition coefficient (Wildman–Crippen LogP) is 3.93. The molecule has 0 bridgehead atoms. The molecule has 3 aromatic carbocycles. The highest BCUT2D eigenvalue weighted by Gasteiger charge is 2.21. The van der Waals surface area contributed by atoms with Gasteiger partial charge in [0, 0.05) is 19.5 Å². The standard InChI is InChI=1S/C28H32N2O5/c31-27(33-20-23-10-4-1-5-11-23)17-16-26(28(32)34-21-24-12-6-2-7-13-24)29-18-19-30-35-22-25-14-8-3-9-15-25/h1-15,26,29-30H,16-22H2. The molecular formula is C28H32N2O5. The van der Waals surface area contributed by atoms with Crippen LogP contribution < -0.4 is 10.8 Å². The second-order valence-corrected chi connectivity index (χ2v) is 7.95. The van der Waals surface area contributed by atoms with Gasteiger partial charge in [-0.2, -0.15) is 0 Å². The zero-order valence-electron chi connectivity index (χ0n) is 19.7. The lowest BCUT2D eigenvalue weighted by molar-refractivity contribution is -0.149. The second-order valence-electron chi connectivity index (χ2n) is 7.95. The van der Waals surface area contributed by atoms with E-state index in [1.807, 2.05) is 91.0 Å². The highest BCUT2D eigenvalue weighted by atomic mass is 16.6. The summed E-state index contributed by atoms with van der Waals surface area (Å²) in [5.74, 6) is -0.768. The van der Waals surface area contributed by atoms with Gasteiger partial charge in [0.05, 0.1) is 6.61 Å². The van der Waals surface area contributed by atoms with Crippen LogP contribution in [0.2, 0.25) is 0 Å². The number of carbonyl (C=O) groups is 2. The average Bonchev–Trinajstić information content (AvgIpc) is 2.91. The minimum absolute atomic E-state index is 0.100. The Hall–Kier alpha value is -3.52. The number of nitrogens with one attached hydrogen (secondary N) is 2. The Labute approximate surface area is 206 Å². The lowest BCUT2D eigenvalue weighted by atomic mass is 10.1. The maximum absolute atomic E-state index is 12.7. The highest BCUT2D eigenvalue weighted by Crippen LogP contribution is 2.08. The smallest absolute Gasteiger partial charge is 0.323 e. The van der Waals surface area contributed by atoms with Gasteiger partial charge in [-0.25, -0.2) is 5.48 Å². The van der Waals surface area contributed by atoms with Gasteiger partial charge in [0.1, 0.15) is 19.3 Å². The first-order chi connectivity index (χ1) is 17.2. The van der Waals surface area contributed by atoms with E-state index in [1.165, 1.54) is 0 Å². The van der Waals surface area contributed by atoms with Gasteiger partial charge in [0.2, 0.25) is 0 Å². The van der Waals surface area contributed by atoms with Crippen molar-refractivity contribution in [3.63, 3.8) is 0 Å². The first-order valence-corrected chi connectivity index (χ1v) is 11.7. The van der Waals surface area contributed by atoms with Crippen molar-refractivity contribution in [1.29, 1.82) is 0 Å². The Morgan fingerprint density at radius 3 is 1.74 bits per heavy atom. The van der Waals surface area contributed by atoms with Crippen LogP contribution >= 0.6 is 0 Å². The monoisotopic (exact) mass is 476 g/mol. The lowest BCUT2D eigenvalue weighted by Crippen LogP contribution is -2.41. The summed E-state index contributed by atoms with van der Waals surface area (Å²) in [4.78, 5) is 30.4. The third-order valence-corrected chi connectivity index (χ3v) is 5.19. The van der Waals surface area contributed by atoms with E-state index >= 15 is 0 Å². The number of hydrogen-bond donors (Lipinski definition) is 2. The number of hydroxylamine groups is 1. The van der Waals surface area contributed by atoms with E-state index < -0.39 is 12.0 Å². The van der Waals surface area contributed by atoms with Gasteiger partial charge in [-0.1, -0.05) is 91.0 Å². The minimum atomic E-state index is -0.640. The van der Waals surface area contributed by atoms with Crippen LogP contribution in [-0.4, -0.2) is 31.1 Å². The summed E-state index contributed by atoms with van der Waals surface area (Å²) in [5.41, 5.74) is 5.76. The maximum atomic E-state index is 12.7. The van der Waals surface area contributed by atoms with E-state index in [1.54, 1.807) is 0 Å². The first kappa shape index (κ1) is 26.1. The van der Waals surface area contributed by atoms with Gasteiger partial charge >= 0.3 is 11.9 Å². The van der Waals surface area contributed by atoms with Crippen molar-refractivity contribution in [2.75, 3.05) is 13.1 Å². The Morgan fingerprint density at radius 1 is 0.657 bits per heavy atom. The molecule has 3 aromatic rings. The van der Waals surface area contributed by atoms with Gasteiger partial charge in [-0.3, -0.25) is 14.4 Å². The van der Waals surface area contributed by atoms with Crippen molar-refractivity contribution in [1.82, 2.24) is 10.8 Å². The van der Waals surface area contributed by atoms with E-state index in [9.17, 15) is 9.59 Å². The molecule has 7 nitrogen and oxygen atoms in total. The number of hydrogen-bond acceptors (Lipinski definition) is 7. The molecule has 1 unspecified atom stereocenters. The number of esters is 2. The van der Waals surface area contributed by atoms with E-state index in [0.29, 0.717) is 19.7 Å². The van der Waals surface area contributed by atoms with Crippen molar-refractivity contribution in [3.05, 3.63) is 108 Å². The first-order valence-electron chi connectivity index (χ1n) is 11.7. The fourth-order valence-corrected chi connectivity index (χ4v) is 3.28. The number of carbonyl (C=O) groups excluding carboxylic acids is 2. The zero-order chi connectivity index (χ0) is 24.6. The summed E-state index contributed by atoms with van der Waals surface area (Å²) in [6.45, 7) is 1.76. The van der Waals surface area contributed by atoms with E-state index in [2.05, 4.69) is 10.8 Å². The third kappa shape index (κ3) is 10.5. The summed E-state index contributed by atoms with van der Waals surface area (Å²) in [7, 11) is 0. The van der Waals surface area contributed by atoms with Crippen LogP contribution in [0.1, 0.15) is 29.5 Å². The van der Waals surface area contributed by atoms with Crippen LogP contribution in [-0.2, 0) is 43.7 Å². The van der Waals surface area contributed by atoms with E-state index in [-0.39, 0.29) is 32.0 Å². The number of ether oxygens (including phenoxy) is 2. The molecule has 0 saturated heterocycles. The van der Waals surface area contributed by atoms with E-state index in [0.717, 1.165) is 16.7 Å². The summed E-state index contributed by atoms with van der Waals surface area (Å²) in [6, 6.07) is 28.1. The molecule has 1 atom stereocenters. The zero-order valence-corrected chi connectivity index (χ0v) is 19.7. The van der Waals surface area contributed by atoms with Gasteiger partial charge in [-0.05, 0) is 23.1 Å². The summed E-state index contributed by atoms with van der Waals surface area (Å²) in [5, 5.41) is 3.16. The molecule has 0 radical (unpaired) electrons. The van der Waals surface area contributed by atoms with Crippen molar-refractivity contribution < 1.29 is 23.9 Å². The van der Waals surface area contributed by atoms with Crippen molar-refractivity contribution in [2.45, 2.75) is 38.7 Å². The van der Waals surface area contributed by atoms with Crippen LogP contribution in [0.25, 0.3) is 0 Å². The number of rotatable bonds is 15. The van der Waals surface area contributed by atoms with Crippen LogP contribution in [0, 0.1) is 0 Å². The molecule has 2 N–H and O–H groups in total. The molecule has 0 spiro atoms. The topological polar surface area (TPSA) is 85.9 Å². The largest absolute Gasteiger partial charge is 0.461 e. The van der Waals surface area contributed by atoms with Gasteiger partial charge in [0.15, 0.2) is 0 Å². The Bertz CT molecular complexity index is 1000. The summed E-state index contributed by atoms with van der Waals surface area (Å²) in [6.07, 6.45) is 0.370. The molecule has 0 aromatic heterocycles. The van der Waals surface area contributed by atoms with Crippen molar-refractivity contribution >= 4 is 11.9 Å². The average molecular weight is 477 g/mol. The molecule has 0 saturated carbocycles. The van der Waals surface area contributed by atoms with Gasteiger partial charge in [0.25, 0.3) is 0 Å². The fourth-order valence-electron chi connectivity index (χ4n) is 3.28. The van der Waals surface area contributed by atoms with Crippen LogP contribution in [0.15, 0.2) is 91.0 Å². The van der Waals surface area contributed by atoms with Crippen LogP contribution in [0.5, 0.6) is 0 Å². The third-order valence-electron chi connectivity index (χ3n) is 5.19. The summed E-state index contributed by atoms with van der Waals surface area (Å²) < 4.78 is 10.8. The predicted molar refractivity (Wildman–Crippen MR) is 133 cm³/mol. The summed E-state index contributed by atoms with van der Waals surface area (Å²) >= 11 is 0. The van der Waals surface area contributed by atoms with Crippen molar-refractivity contribution in [3.8, 4) is 0 Å². The molecule has 0 fully saturated rings. The Kier molecular flexibility index (Phi) is 11.5. The molecule has 0 amide bonds. The minimum Gasteiger partial charge on any atom is -0.461 e. The molecule has 0 aliphatic carbocycles.